The van der Waals surface area contributed by atoms with E-state index in [0.29, 0.717) is 46.7 Å². The average molecular weight is 649 g/mol. The smallest absolute Gasteiger partial charge is 0.254 e. The molecule has 12 heteroatoms. The van der Waals surface area contributed by atoms with Gasteiger partial charge in [-0.15, -0.1) is 0 Å². The molecule has 228 valence electrons. The summed E-state index contributed by atoms with van der Waals surface area (Å²) in [6.07, 6.45) is 5.25. The van der Waals surface area contributed by atoms with Gasteiger partial charge in [0.05, 0.1) is 39.3 Å². The van der Waals surface area contributed by atoms with Gasteiger partial charge in [0.25, 0.3) is 5.91 Å². The summed E-state index contributed by atoms with van der Waals surface area (Å²) in [5.41, 5.74) is 2.82. The van der Waals surface area contributed by atoms with E-state index in [0.717, 1.165) is 49.2 Å². The van der Waals surface area contributed by atoms with Crippen LogP contribution in [0.15, 0.2) is 40.9 Å². The number of carbonyl (C=O) groups is 1. The number of benzene rings is 2. The van der Waals surface area contributed by atoms with Crippen molar-refractivity contribution < 1.29 is 26.9 Å². The van der Waals surface area contributed by atoms with Crippen LogP contribution in [-0.2, 0) is 21.2 Å². The van der Waals surface area contributed by atoms with Gasteiger partial charge < -0.3 is 19.5 Å². The molecule has 2 bridgehead atoms. The fourth-order valence-electron chi connectivity index (χ4n) is 6.53. The predicted octanol–water partition coefficient (Wildman–Crippen LogP) is 6.16. The molecule has 1 saturated heterocycles. The quantitative estimate of drug-likeness (QED) is 0.266. The van der Waals surface area contributed by atoms with E-state index >= 15 is 4.39 Å². The van der Waals surface area contributed by atoms with Crippen LogP contribution in [0.25, 0.3) is 11.3 Å². The van der Waals surface area contributed by atoms with Crippen LogP contribution < -0.4 is 10.2 Å². The first-order chi connectivity index (χ1) is 20.7. The average Bonchev–Trinajstić information content (AvgIpc) is 3.90. The van der Waals surface area contributed by atoms with Crippen molar-refractivity contribution in [2.45, 2.75) is 68.4 Å². The molecule has 1 N–H and O–H groups in total. The van der Waals surface area contributed by atoms with Crippen molar-refractivity contribution in [2.24, 2.45) is 5.92 Å². The number of ether oxygens (including phenoxy) is 1. The highest BCUT2D eigenvalue weighted by Crippen LogP contribution is 2.47. The van der Waals surface area contributed by atoms with E-state index in [1.165, 1.54) is 12.1 Å². The van der Waals surface area contributed by atoms with Crippen molar-refractivity contribution in [1.82, 2.24) is 10.5 Å². The van der Waals surface area contributed by atoms with Crippen LogP contribution in [0.2, 0.25) is 10.0 Å². The van der Waals surface area contributed by atoms with E-state index in [4.69, 9.17) is 32.5 Å². The van der Waals surface area contributed by atoms with E-state index in [1.807, 2.05) is 0 Å². The summed E-state index contributed by atoms with van der Waals surface area (Å²) in [6.45, 7) is 1.04. The minimum Gasteiger partial charge on any atom is -0.373 e. The number of hydrogen-bond donors (Lipinski definition) is 1. The van der Waals surface area contributed by atoms with Crippen molar-refractivity contribution in [3.63, 3.8) is 0 Å². The molecule has 0 radical (unpaired) electrons. The van der Waals surface area contributed by atoms with E-state index in [9.17, 15) is 13.2 Å². The first kappa shape index (κ1) is 29.1. The molecule has 8 nitrogen and oxygen atoms in total. The zero-order valence-electron chi connectivity index (χ0n) is 23.4. The molecule has 2 aromatic carbocycles. The van der Waals surface area contributed by atoms with E-state index in [2.05, 4.69) is 15.4 Å². The SMILES string of the molecule is O=C(NCCS(=O)(=O)C1CC1)c1ccc(N2C[C@@H]3C[C@H]2C[C@H]3OCc2c(-c3c(Cl)cccc3Cl)noc2C2CC2)cc1F. The lowest BCUT2D eigenvalue weighted by atomic mass is 10.0. The monoisotopic (exact) mass is 647 g/mol. The van der Waals surface area contributed by atoms with Gasteiger partial charge in [0.2, 0.25) is 0 Å². The maximum absolute atomic E-state index is 15.0. The minimum atomic E-state index is -3.19. The summed E-state index contributed by atoms with van der Waals surface area (Å²) < 4.78 is 51.4. The molecule has 3 aromatic rings. The number of nitrogens with zero attached hydrogens (tertiary/aromatic N) is 2. The number of nitrogens with one attached hydrogen (secondary N) is 1. The summed E-state index contributed by atoms with van der Waals surface area (Å²) in [5, 5.41) is 7.64. The Bertz CT molecular complexity index is 1650. The predicted molar refractivity (Wildman–Crippen MR) is 162 cm³/mol. The van der Waals surface area contributed by atoms with Gasteiger partial charge in [0.1, 0.15) is 17.3 Å². The van der Waals surface area contributed by atoms with Gasteiger partial charge in [0.15, 0.2) is 9.84 Å². The maximum Gasteiger partial charge on any atom is 0.254 e. The van der Waals surface area contributed by atoms with Crippen LogP contribution in [0.5, 0.6) is 0 Å². The van der Waals surface area contributed by atoms with Crippen LogP contribution in [0.3, 0.4) is 0 Å². The van der Waals surface area contributed by atoms with Crippen molar-refractivity contribution in [1.29, 1.82) is 0 Å². The van der Waals surface area contributed by atoms with E-state index in [-0.39, 0.29) is 41.2 Å². The summed E-state index contributed by atoms with van der Waals surface area (Å²) >= 11 is 13.0. The normalized spacial score (nSPS) is 23.2. The lowest BCUT2D eigenvalue weighted by Gasteiger charge is -2.33. The molecule has 43 heavy (non-hydrogen) atoms. The zero-order chi connectivity index (χ0) is 29.9. The molecular weight excluding hydrogens is 616 g/mol. The Balaban J connectivity index is 0.981. The number of carbonyl (C=O) groups excluding carboxylic acids is 1. The number of amides is 1. The molecule has 1 aliphatic heterocycles. The molecule has 1 amide bonds. The topological polar surface area (TPSA) is 102 Å². The van der Waals surface area contributed by atoms with Gasteiger partial charge in [-0.05, 0) is 68.9 Å². The van der Waals surface area contributed by atoms with E-state index in [1.54, 1.807) is 24.3 Å². The third-order valence-electron chi connectivity index (χ3n) is 9.12. The molecule has 7 rings (SSSR count). The van der Waals surface area contributed by atoms with Crippen molar-refractivity contribution in [3.8, 4) is 11.3 Å². The van der Waals surface area contributed by atoms with Gasteiger partial charge in [-0.1, -0.05) is 34.4 Å². The third-order valence-corrected chi connectivity index (χ3v) is 12.0. The molecular formula is C31H32Cl2FN3O5S. The molecule has 2 heterocycles. The third kappa shape index (κ3) is 5.79. The van der Waals surface area contributed by atoms with Gasteiger partial charge in [0, 0.05) is 47.8 Å². The highest BCUT2D eigenvalue weighted by atomic mass is 35.5. The summed E-state index contributed by atoms with van der Waals surface area (Å²) in [7, 11) is -3.19. The Morgan fingerprint density at radius 1 is 1.12 bits per heavy atom. The summed E-state index contributed by atoms with van der Waals surface area (Å²) in [6, 6.07) is 10.2. The van der Waals surface area contributed by atoms with Gasteiger partial charge >= 0.3 is 0 Å². The van der Waals surface area contributed by atoms with Crippen LogP contribution in [0.1, 0.15) is 66.1 Å². The summed E-state index contributed by atoms with van der Waals surface area (Å²) in [5.74, 6) is 0.107. The lowest BCUT2D eigenvalue weighted by molar-refractivity contribution is 0.0122. The highest BCUT2D eigenvalue weighted by molar-refractivity contribution is 7.92. The molecule has 4 aliphatic rings. The lowest BCUT2D eigenvalue weighted by Crippen LogP contribution is -2.38. The second-order valence-electron chi connectivity index (χ2n) is 12.1. The number of halogens is 3. The Hall–Kier alpha value is -2.66. The van der Waals surface area contributed by atoms with Crippen LogP contribution in [0.4, 0.5) is 10.1 Å². The first-order valence-electron chi connectivity index (χ1n) is 14.8. The number of piperidine rings is 1. The van der Waals surface area contributed by atoms with Crippen LogP contribution in [0, 0.1) is 11.7 Å². The standard InChI is InChI=1S/C31H32Cl2FN3O5S/c32-24-2-1-3-25(33)28(24)29-23(30(42-36-29)17-4-5-17)16-41-27-14-20-12-18(27)15-37(20)19-6-9-22(26(34)13-19)31(38)35-10-11-43(39,40)21-7-8-21/h1-3,6,9,13,17-18,20-21,27H,4-5,7-8,10-12,14-16H2,(H,35,38)/t18-,20-,27+/m0/s1. The number of hydrogen-bond acceptors (Lipinski definition) is 7. The Labute approximate surface area is 259 Å². The molecule has 3 saturated carbocycles. The Morgan fingerprint density at radius 2 is 1.88 bits per heavy atom. The number of sulfone groups is 1. The first-order valence-corrected chi connectivity index (χ1v) is 17.3. The molecule has 4 fully saturated rings. The second kappa shape index (κ2) is 11.4. The molecule has 0 unspecified atom stereocenters. The molecule has 3 atom stereocenters. The fourth-order valence-corrected chi connectivity index (χ4v) is 8.68. The molecule has 3 aliphatic carbocycles. The number of anilines is 1. The van der Waals surface area contributed by atoms with E-state index < -0.39 is 21.6 Å². The van der Waals surface area contributed by atoms with Crippen molar-refractivity contribution in [3.05, 3.63) is 69.1 Å². The Morgan fingerprint density at radius 3 is 2.53 bits per heavy atom. The van der Waals surface area contributed by atoms with Gasteiger partial charge in [-0.25, -0.2) is 12.8 Å². The number of fused-ring (bicyclic) bond motifs is 2. The Kier molecular flexibility index (Phi) is 7.68. The summed E-state index contributed by atoms with van der Waals surface area (Å²) in [4.78, 5) is 14.7. The van der Waals surface area contributed by atoms with Crippen LogP contribution >= 0.6 is 23.2 Å². The maximum atomic E-state index is 15.0. The molecule has 1 aromatic heterocycles. The van der Waals surface area contributed by atoms with Crippen molar-refractivity contribution in [2.75, 3.05) is 23.7 Å². The minimum absolute atomic E-state index is 0.0277. The highest BCUT2D eigenvalue weighted by Gasteiger charge is 2.46. The van der Waals surface area contributed by atoms with Crippen molar-refractivity contribution >= 4 is 44.6 Å². The second-order valence-corrected chi connectivity index (χ2v) is 15.3. The fraction of sp³-hybridized carbons (Fsp3) is 0.484. The van der Waals surface area contributed by atoms with Crippen LogP contribution in [-0.4, -0.2) is 55.7 Å². The van der Waals surface area contributed by atoms with Gasteiger partial charge in [-0.3, -0.25) is 4.79 Å². The largest absolute Gasteiger partial charge is 0.373 e. The zero-order valence-corrected chi connectivity index (χ0v) is 25.7. The number of aromatic nitrogens is 1. The number of rotatable bonds is 11. The van der Waals surface area contributed by atoms with Gasteiger partial charge in [-0.2, -0.15) is 0 Å². The molecule has 0 spiro atoms.